The maximum absolute atomic E-state index is 12.6. The Balaban J connectivity index is 1.53. The molecule has 0 aromatic carbocycles. The standard InChI is InChI=1S/C18H30N4O2/c1-13(2)16-19-17(24-20-16)14(3)21-9-11-22(12-10-21)18(23)15-7-5-4-6-8-15/h13-15H,4-12H2,1-3H3. The van der Waals surface area contributed by atoms with Crippen molar-refractivity contribution in [3.05, 3.63) is 11.7 Å². The zero-order valence-electron chi connectivity index (χ0n) is 15.2. The van der Waals surface area contributed by atoms with Gasteiger partial charge in [0.15, 0.2) is 5.82 Å². The maximum Gasteiger partial charge on any atom is 0.243 e. The lowest BCUT2D eigenvalue weighted by molar-refractivity contribution is -0.138. The summed E-state index contributed by atoms with van der Waals surface area (Å²) in [5, 5.41) is 4.06. The first-order chi connectivity index (χ1) is 11.6. The second kappa shape index (κ2) is 7.64. The van der Waals surface area contributed by atoms with Crippen LogP contribution in [0.25, 0.3) is 0 Å². The number of aromatic nitrogens is 2. The molecule has 3 rings (SSSR count). The summed E-state index contributed by atoms with van der Waals surface area (Å²) in [5.41, 5.74) is 0. The van der Waals surface area contributed by atoms with Crippen molar-refractivity contribution in [3.8, 4) is 0 Å². The lowest BCUT2D eigenvalue weighted by atomic mass is 9.88. The van der Waals surface area contributed by atoms with Crippen molar-refractivity contribution in [1.82, 2.24) is 19.9 Å². The van der Waals surface area contributed by atoms with Gasteiger partial charge in [0, 0.05) is 38.0 Å². The van der Waals surface area contributed by atoms with Crippen molar-refractivity contribution < 1.29 is 9.32 Å². The van der Waals surface area contributed by atoms with Gasteiger partial charge in [0.2, 0.25) is 11.8 Å². The molecule has 134 valence electrons. The fraction of sp³-hybridized carbons (Fsp3) is 0.833. The molecule has 2 aliphatic rings. The normalized spacial score (nSPS) is 22.1. The quantitative estimate of drug-likeness (QED) is 0.847. The molecular formula is C18H30N4O2. The van der Waals surface area contributed by atoms with Crippen molar-refractivity contribution >= 4 is 5.91 Å². The molecule has 1 saturated carbocycles. The van der Waals surface area contributed by atoms with Crippen LogP contribution < -0.4 is 0 Å². The number of rotatable bonds is 4. The van der Waals surface area contributed by atoms with Crippen LogP contribution in [0.15, 0.2) is 4.52 Å². The van der Waals surface area contributed by atoms with E-state index in [1.54, 1.807) is 0 Å². The average Bonchev–Trinajstić information content (AvgIpc) is 3.12. The van der Waals surface area contributed by atoms with Gasteiger partial charge in [-0.05, 0) is 19.8 Å². The molecule has 1 aliphatic carbocycles. The first kappa shape index (κ1) is 17.4. The van der Waals surface area contributed by atoms with Crippen LogP contribution in [-0.4, -0.2) is 52.0 Å². The molecule has 24 heavy (non-hydrogen) atoms. The first-order valence-corrected chi connectivity index (χ1v) is 9.42. The molecule has 0 N–H and O–H groups in total. The number of nitrogens with zero attached hydrogens (tertiary/aromatic N) is 4. The molecule has 1 aromatic heterocycles. The van der Waals surface area contributed by atoms with Crippen molar-refractivity contribution in [1.29, 1.82) is 0 Å². The second-order valence-electron chi connectivity index (χ2n) is 7.52. The van der Waals surface area contributed by atoms with E-state index >= 15 is 0 Å². The summed E-state index contributed by atoms with van der Waals surface area (Å²) in [4.78, 5) is 21.6. The second-order valence-corrected chi connectivity index (χ2v) is 7.52. The molecule has 0 bridgehead atoms. The third-order valence-corrected chi connectivity index (χ3v) is 5.46. The molecular weight excluding hydrogens is 304 g/mol. The molecule has 1 amide bonds. The predicted octanol–water partition coefficient (Wildman–Crippen LogP) is 2.98. The van der Waals surface area contributed by atoms with Crippen LogP contribution in [0.3, 0.4) is 0 Å². The maximum atomic E-state index is 12.6. The van der Waals surface area contributed by atoms with Gasteiger partial charge in [0.25, 0.3) is 0 Å². The predicted molar refractivity (Wildman–Crippen MR) is 91.5 cm³/mol. The number of carbonyl (C=O) groups excluding carboxylic acids is 1. The molecule has 1 unspecified atom stereocenters. The van der Waals surface area contributed by atoms with E-state index in [9.17, 15) is 4.79 Å². The number of amides is 1. The van der Waals surface area contributed by atoms with Gasteiger partial charge in [-0.2, -0.15) is 4.98 Å². The lowest BCUT2D eigenvalue weighted by Gasteiger charge is -2.38. The zero-order valence-corrected chi connectivity index (χ0v) is 15.2. The van der Waals surface area contributed by atoms with Crippen molar-refractivity contribution in [2.45, 2.75) is 64.8 Å². The van der Waals surface area contributed by atoms with E-state index in [-0.39, 0.29) is 17.9 Å². The molecule has 2 heterocycles. The molecule has 0 radical (unpaired) electrons. The highest BCUT2D eigenvalue weighted by Crippen LogP contribution is 2.27. The summed E-state index contributed by atoms with van der Waals surface area (Å²) in [6.07, 6.45) is 5.87. The summed E-state index contributed by atoms with van der Waals surface area (Å²) in [5.74, 6) is 2.38. The summed E-state index contributed by atoms with van der Waals surface area (Å²) in [7, 11) is 0. The molecule has 6 nitrogen and oxygen atoms in total. The molecule has 1 atom stereocenters. The Morgan fingerprint density at radius 3 is 2.33 bits per heavy atom. The van der Waals surface area contributed by atoms with E-state index in [2.05, 4.69) is 40.7 Å². The van der Waals surface area contributed by atoms with Gasteiger partial charge in [-0.3, -0.25) is 9.69 Å². The largest absolute Gasteiger partial charge is 0.340 e. The Morgan fingerprint density at radius 1 is 1.08 bits per heavy atom. The van der Waals surface area contributed by atoms with Gasteiger partial charge in [0.1, 0.15) is 0 Å². The smallest absolute Gasteiger partial charge is 0.243 e. The van der Waals surface area contributed by atoms with Gasteiger partial charge in [-0.25, -0.2) is 0 Å². The molecule has 1 aliphatic heterocycles. The van der Waals surface area contributed by atoms with E-state index in [0.717, 1.165) is 44.8 Å². The van der Waals surface area contributed by atoms with Crippen LogP contribution in [0, 0.1) is 5.92 Å². The van der Waals surface area contributed by atoms with Gasteiger partial charge in [0.05, 0.1) is 6.04 Å². The van der Waals surface area contributed by atoms with Crippen LogP contribution in [0.2, 0.25) is 0 Å². The van der Waals surface area contributed by atoms with Crippen LogP contribution in [0.4, 0.5) is 0 Å². The molecule has 6 heteroatoms. The molecule has 0 spiro atoms. The minimum atomic E-state index is 0.108. The van der Waals surface area contributed by atoms with E-state index in [4.69, 9.17) is 4.52 Å². The van der Waals surface area contributed by atoms with Crippen molar-refractivity contribution in [2.75, 3.05) is 26.2 Å². The first-order valence-electron chi connectivity index (χ1n) is 9.42. The summed E-state index contributed by atoms with van der Waals surface area (Å²) in [6.45, 7) is 9.61. The summed E-state index contributed by atoms with van der Waals surface area (Å²) < 4.78 is 5.43. The molecule has 1 aromatic rings. The Kier molecular flexibility index (Phi) is 5.54. The fourth-order valence-electron chi connectivity index (χ4n) is 3.74. The third-order valence-electron chi connectivity index (χ3n) is 5.46. The number of hydrogen-bond donors (Lipinski definition) is 0. The van der Waals surface area contributed by atoms with E-state index in [1.165, 1.54) is 19.3 Å². The number of hydrogen-bond acceptors (Lipinski definition) is 5. The molecule has 1 saturated heterocycles. The van der Waals surface area contributed by atoms with Crippen LogP contribution in [0.5, 0.6) is 0 Å². The SMILES string of the molecule is CC(C)c1noc(C(C)N2CCN(C(=O)C3CCCCC3)CC2)n1. The van der Waals surface area contributed by atoms with Gasteiger partial charge in [-0.15, -0.1) is 0 Å². The highest BCUT2D eigenvalue weighted by atomic mass is 16.5. The van der Waals surface area contributed by atoms with Crippen LogP contribution >= 0.6 is 0 Å². The highest BCUT2D eigenvalue weighted by molar-refractivity contribution is 5.79. The lowest BCUT2D eigenvalue weighted by Crippen LogP contribution is -2.51. The number of piperazine rings is 1. The third kappa shape index (κ3) is 3.79. The van der Waals surface area contributed by atoms with Gasteiger partial charge < -0.3 is 9.42 Å². The van der Waals surface area contributed by atoms with Crippen molar-refractivity contribution in [2.24, 2.45) is 5.92 Å². The van der Waals surface area contributed by atoms with Crippen LogP contribution in [-0.2, 0) is 4.79 Å². The van der Waals surface area contributed by atoms with Gasteiger partial charge in [-0.1, -0.05) is 38.3 Å². The topological polar surface area (TPSA) is 62.5 Å². The Bertz CT molecular complexity index is 543. The Labute approximate surface area is 144 Å². The highest BCUT2D eigenvalue weighted by Gasteiger charge is 2.31. The van der Waals surface area contributed by atoms with E-state index < -0.39 is 0 Å². The van der Waals surface area contributed by atoms with E-state index in [1.807, 2.05) is 0 Å². The number of carbonyl (C=O) groups is 1. The minimum absolute atomic E-state index is 0.108. The van der Waals surface area contributed by atoms with Crippen LogP contribution in [0.1, 0.15) is 76.6 Å². The van der Waals surface area contributed by atoms with Gasteiger partial charge >= 0.3 is 0 Å². The van der Waals surface area contributed by atoms with E-state index in [0.29, 0.717) is 11.8 Å². The monoisotopic (exact) mass is 334 g/mol. The summed E-state index contributed by atoms with van der Waals surface area (Å²) >= 11 is 0. The zero-order chi connectivity index (χ0) is 17.1. The summed E-state index contributed by atoms with van der Waals surface area (Å²) in [6, 6.07) is 0.108. The molecule has 2 fully saturated rings. The minimum Gasteiger partial charge on any atom is -0.340 e. The average molecular weight is 334 g/mol. The Morgan fingerprint density at radius 2 is 1.75 bits per heavy atom. The van der Waals surface area contributed by atoms with Crippen molar-refractivity contribution in [3.63, 3.8) is 0 Å². The fourth-order valence-corrected chi connectivity index (χ4v) is 3.74. The Hall–Kier alpha value is -1.43.